The molecule has 0 saturated heterocycles. The average molecular weight is 290 g/mol. The van der Waals surface area contributed by atoms with Gasteiger partial charge in [0.2, 0.25) is 0 Å². The molecule has 0 radical (unpaired) electrons. The van der Waals surface area contributed by atoms with Crippen LogP contribution >= 0.6 is 11.6 Å². The number of rotatable bonds is 4. The maximum atomic E-state index is 11.9. The Labute approximate surface area is 123 Å². The van der Waals surface area contributed by atoms with Crippen LogP contribution in [-0.4, -0.2) is 17.6 Å². The van der Waals surface area contributed by atoms with E-state index < -0.39 is 0 Å². The molecule has 2 rings (SSSR count). The van der Waals surface area contributed by atoms with Crippen LogP contribution < -0.4 is 5.32 Å². The van der Waals surface area contributed by atoms with E-state index in [0.717, 1.165) is 6.42 Å². The van der Waals surface area contributed by atoms with E-state index in [1.807, 2.05) is 25.1 Å². The van der Waals surface area contributed by atoms with Crippen molar-refractivity contribution >= 4 is 17.5 Å². The van der Waals surface area contributed by atoms with E-state index in [1.165, 1.54) is 23.3 Å². The van der Waals surface area contributed by atoms with Crippen LogP contribution in [0, 0.1) is 6.92 Å². The molecule has 20 heavy (non-hydrogen) atoms. The summed E-state index contributed by atoms with van der Waals surface area (Å²) in [6.07, 6.45) is 0.745. The zero-order chi connectivity index (χ0) is 14.5. The fourth-order valence-electron chi connectivity index (χ4n) is 1.97. The predicted molar refractivity (Wildman–Crippen MR) is 80.3 cm³/mol. The molecule has 104 valence electrons. The lowest BCUT2D eigenvalue weighted by Crippen LogP contribution is -2.25. The third kappa shape index (κ3) is 3.75. The Morgan fingerprint density at radius 3 is 2.80 bits per heavy atom. The molecule has 0 atom stereocenters. The normalized spacial score (nSPS) is 10.3. The number of aromatic hydroxyl groups is 1. The van der Waals surface area contributed by atoms with Crippen molar-refractivity contribution in [2.45, 2.75) is 13.3 Å². The molecule has 0 bridgehead atoms. The highest BCUT2D eigenvalue weighted by atomic mass is 35.5. The topological polar surface area (TPSA) is 49.3 Å². The molecule has 0 aliphatic heterocycles. The number of amides is 1. The predicted octanol–water partition coefficient (Wildman–Crippen LogP) is 3.33. The lowest BCUT2D eigenvalue weighted by molar-refractivity contribution is 0.0951. The minimum absolute atomic E-state index is 0.0672. The zero-order valence-electron chi connectivity index (χ0n) is 11.2. The Kier molecular flexibility index (Phi) is 4.64. The van der Waals surface area contributed by atoms with Gasteiger partial charge in [-0.2, -0.15) is 0 Å². The number of nitrogens with one attached hydrogen (secondary N) is 1. The first-order valence-electron chi connectivity index (χ1n) is 6.38. The van der Waals surface area contributed by atoms with E-state index >= 15 is 0 Å². The Hall–Kier alpha value is -2.00. The molecule has 0 aliphatic carbocycles. The van der Waals surface area contributed by atoms with Crippen LogP contribution in [0.1, 0.15) is 21.5 Å². The van der Waals surface area contributed by atoms with Crippen LogP contribution in [0.15, 0.2) is 42.5 Å². The Morgan fingerprint density at radius 1 is 1.25 bits per heavy atom. The summed E-state index contributed by atoms with van der Waals surface area (Å²) < 4.78 is 0. The van der Waals surface area contributed by atoms with Crippen molar-refractivity contribution in [2.24, 2.45) is 0 Å². The standard InChI is InChI=1S/C16H16ClNO2/c1-11-3-2-4-12(9-11)7-8-18-16(20)14-10-13(17)5-6-15(14)19/h2-6,9-10,19H,7-8H2,1H3,(H,18,20). The third-order valence-electron chi connectivity index (χ3n) is 2.98. The number of hydrogen-bond acceptors (Lipinski definition) is 2. The second-order valence-corrected chi connectivity index (χ2v) is 5.09. The molecule has 3 nitrogen and oxygen atoms in total. The van der Waals surface area contributed by atoms with Crippen LogP contribution in [0.5, 0.6) is 5.75 Å². The molecular weight excluding hydrogens is 274 g/mol. The maximum absolute atomic E-state index is 11.9. The largest absolute Gasteiger partial charge is 0.507 e. The molecule has 0 saturated carbocycles. The van der Waals surface area contributed by atoms with Crippen molar-refractivity contribution in [1.82, 2.24) is 5.32 Å². The Morgan fingerprint density at radius 2 is 2.05 bits per heavy atom. The first-order chi connectivity index (χ1) is 9.56. The molecule has 0 heterocycles. The number of benzene rings is 2. The van der Waals surface area contributed by atoms with Crippen LogP contribution in [0.25, 0.3) is 0 Å². The van der Waals surface area contributed by atoms with E-state index in [-0.39, 0.29) is 17.2 Å². The first kappa shape index (κ1) is 14.4. The van der Waals surface area contributed by atoms with E-state index in [1.54, 1.807) is 6.07 Å². The molecule has 1 amide bonds. The van der Waals surface area contributed by atoms with E-state index in [4.69, 9.17) is 11.6 Å². The number of halogens is 1. The number of hydrogen-bond donors (Lipinski definition) is 2. The van der Waals surface area contributed by atoms with Gasteiger partial charge in [-0.05, 0) is 37.1 Å². The van der Waals surface area contributed by atoms with Gasteiger partial charge >= 0.3 is 0 Å². The van der Waals surface area contributed by atoms with Gasteiger partial charge in [0.1, 0.15) is 5.75 Å². The molecule has 0 spiro atoms. The summed E-state index contributed by atoms with van der Waals surface area (Å²) in [5.41, 5.74) is 2.56. The average Bonchev–Trinajstić information content (AvgIpc) is 2.41. The summed E-state index contributed by atoms with van der Waals surface area (Å²) >= 11 is 5.82. The minimum Gasteiger partial charge on any atom is -0.507 e. The number of aryl methyl sites for hydroxylation is 1. The van der Waals surface area contributed by atoms with Crippen LogP contribution in [-0.2, 0) is 6.42 Å². The van der Waals surface area contributed by atoms with Gasteiger partial charge in [0.15, 0.2) is 0 Å². The summed E-state index contributed by atoms with van der Waals surface area (Å²) in [5, 5.41) is 12.8. The molecule has 0 fully saturated rings. The van der Waals surface area contributed by atoms with Crippen molar-refractivity contribution < 1.29 is 9.90 Å². The fourth-order valence-corrected chi connectivity index (χ4v) is 2.15. The lowest BCUT2D eigenvalue weighted by Gasteiger charge is -2.07. The highest BCUT2D eigenvalue weighted by Gasteiger charge is 2.10. The van der Waals surface area contributed by atoms with Crippen molar-refractivity contribution in [2.75, 3.05) is 6.54 Å². The van der Waals surface area contributed by atoms with E-state index in [2.05, 4.69) is 11.4 Å². The van der Waals surface area contributed by atoms with Gasteiger partial charge in [-0.1, -0.05) is 41.4 Å². The van der Waals surface area contributed by atoms with E-state index in [9.17, 15) is 9.90 Å². The highest BCUT2D eigenvalue weighted by molar-refractivity contribution is 6.31. The first-order valence-corrected chi connectivity index (χ1v) is 6.76. The molecule has 4 heteroatoms. The van der Waals surface area contributed by atoms with Gasteiger partial charge < -0.3 is 10.4 Å². The van der Waals surface area contributed by atoms with Crippen LogP contribution in [0.3, 0.4) is 0 Å². The highest BCUT2D eigenvalue weighted by Crippen LogP contribution is 2.21. The lowest BCUT2D eigenvalue weighted by atomic mass is 10.1. The molecule has 2 N–H and O–H groups in total. The fraction of sp³-hybridized carbons (Fsp3) is 0.188. The van der Waals surface area contributed by atoms with Gasteiger partial charge in [-0.25, -0.2) is 0 Å². The number of carbonyl (C=O) groups excluding carboxylic acids is 1. The molecule has 0 aromatic heterocycles. The van der Waals surface area contributed by atoms with Crippen molar-refractivity contribution in [3.05, 3.63) is 64.2 Å². The monoisotopic (exact) mass is 289 g/mol. The SMILES string of the molecule is Cc1cccc(CCNC(=O)c2cc(Cl)ccc2O)c1. The van der Waals surface area contributed by atoms with Crippen molar-refractivity contribution in [3.8, 4) is 5.75 Å². The summed E-state index contributed by atoms with van der Waals surface area (Å²) in [7, 11) is 0. The summed E-state index contributed by atoms with van der Waals surface area (Å²) in [6.45, 7) is 2.54. The van der Waals surface area contributed by atoms with E-state index in [0.29, 0.717) is 11.6 Å². The van der Waals surface area contributed by atoms with Gasteiger partial charge in [0.25, 0.3) is 5.91 Å². The minimum atomic E-state index is -0.322. The third-order valence-corrected chi connectivity index (χ3v) is 3.22. The second-order valence-electron chi connectivity index (χ2n) is 4.66. The summed E-state index contributed by atoms with van der Waals surface area (Å²) in [4.78, 5) is 11.9. The second kappa shape index (κ2) is 6.44. The molecule has 2 aromatic rings. The number of phenols is 1. The summed E-state index contributed by atoms with van der Waals surface area (Å²) in [6, 6.07) is 12.6. The summed E-state index contributed by atoms with van der Waals surface area (Å²) in [5.74, 6) is -0.389. The van der Waals surface area contributed by atoms with Crippen LogP contribution in [0.2, 0.25) is 5.02 Å². The zero-order valence-corrected chi connectivity index (χ0v) is 11.9. The van der Waals surface area contributed by atoms with Crippen molar-refractivity contribution in [1.29, 1.82) is 0 Å². The molecule has 0 unspecified atom stereocenters. The maximum Gasteiger partial charge on any atom is 0.255 e. The quantitative estimate of drug-likeness (QED) is 0.907. The van der Waals surface area contributed by atoms with Gasteiger partial charge in [-0.3, -0.25) is 4.79 Å². The Bertz CT molecular complexity index is 626. The smallest absolute Gasteiger partial charge is 0.255 e. The Balaban J connectivity index is 1.94. The van der Waals surface area contributed by atoms with Crippen molar-refractivity contribution in [3.63, 3.8) is 0 Å². The molecular formula is C16H16ClNO2. The molecule has 0 aliphatic rings. The van der Waals surface area contributed by atoms with Gasteiger partial charge in [-0.15, -0.1) is 0 Å². The molecule has 2 aromatic carbocycles. The van der Waals surface area contributed by atoms with Gasteiger partial charge in [0, 0.05) is 11.6 Å². The number of phenolic OH excluding ortho intramolecular Hbond substituents is 1. The number of carbonyl (C=O) groups is 1. The van der Waals surface area contributed by atoms with Crippen LogP contribution in [0.4, 0.5) is 0 Å². The van der Waals surface area contributed by atoms with Gasteiger partial charge in [0.05, 0.1) is 5.56 Å².